The van der Waals surface area contributed by atoms with Gasteiger partial charge in [-0.25, -0.2) is 0 Å². The molecule has 1 aliphatic rings. The average molecular weight is 137 g/mol. The zero-order valence-corrected chi connectivity index (χ0v) is 6.45. The van der Waals surface area contributed by atoms with E-state index < -0.39 is 0 Å². The zero-order valence-electron chi connectivity index (χ0n) is 6.45. The Labute approximate surface area is 63.2 Å². The third-order valence-corrected chi connectivity index (χ3v) is 1.78. The van der Waals surface area contributed by atoms with Crippen LogP contribution in [0.1, 0.15) is 38.5 Å². The topological polar surface area (TPSA) is 12.0 Å². The Balaban J connectivity index is 2.18. The van der Waals surface area contributed by atoms with E-state index in [1.54, 1.807) is 0 Å². The molecule has 1 N–H and O–H groups in total. The van der Waals surface area contributed by atoms with Crippen LogP contribution < -0.4 is 5.32 Å². The second-order valence-electron chi connectivity index (χ2n) is 2.75. The molecule has 0 radical (unpaired) electrons. The van der Waals surface area contributed by atoms with Crippen LogP contribution in [0.2, 0.25) is 0 Å². The standard InChI is InChI=1S/C9H15N/c1-2-4-6-8-10-9-7-5-3-1/h10H,1-6,8H2. The smallest absolute Gasteiger partial charge is 0.0229 e. The molecular formula is C9H15N. The van der Waals surface area contributed by atoms with Crippen LogP contribution in [0.3, 0.4) is 0 Å². The van der Waals surface area contributed by atoms with Gasteiger partial charge in [-0.1, -0.05) is 25.2 Å². The summed E-state index contributed by atoms with van der Waals surface area (Å²) >= 11 is 0. The van der Waals surface area contributed by atoms with Crippen LogP contribution in [0.5, 0.6) is 0 Å². The van der Waals surface area contributed by atoms with Crippen molar-refractivity contribution in [3.8, 4) is 12.0 Å². The van der Waals surface area contributed by atoms with E-state index >= 15 is 0 Å². The van der Waals surface area contributed by atoms with E-state index in [2.05, 4.69) is 17.3 Å². The van der Waals surface area contributed by atoms with E-state index in [0.29, 0.717) is 0 Å². The van der Waals surface area contributed by atoms with Crippen molar-refractivity contribution in [3.63, 3.8) is 0 Å². The summed E-state index contributed by atoms with van der Waals surface area (Å²) < 4.78 is 0. The minimum absolute atomic E-state index is 1.08. The molecule has 0 aromatic rings. The summed E-state index contributed by atoms with van der Waals surface area (Å²) in [5, 5.41) is 3.09. The van der Waals surface area contributed by atoms with Crippen LogP contribution in [0.4, 0.5) is 0 Å². The first-order valence-electron chi connectivity index (χ1n) is 4.21. The summed E-state index contributed by atoms with van der Waals surface area (Å²) in [6.07, 6.45) is 7.78. The summed E-state index contributed by atoms with van der Waals surface area (Å²) in [4.78, 5) is 0. The molecule has 0 atom stereocenters. The molecule has 10 heavy (non-hydrogen) atoms. The lowest BCUT2D eigenvalue weighted by molar-refractivity contribution is 0.606. The summed E-state index contributed by atoms with van der Waals surface area (Å²) in [6.45, 7) is 1.08. The Morgan fingerprint density at radius 1 is 0.900 bits per heavy atom. The van der Waals surface area contributed by atoms with Crippen LogP contribution in [-0.4, -0.2) is 6.54 Å². The molecule has 0 aromatic carbocycles. The van der Waals surface area contributed by atoms with Gasteiger partial charge in [0.2, 0.25) is 0 Å². The average Bonchev–Trinajstić information content (AvgIpc) is 2.01. The molecule has 1 nitrogen and oxygen atoms in total. The molecule has 0 saturated carbocycles. The van der Waals surface area contributed by atoms with Crippen LogP contribution in [0, 0.1) is 12.0 Å². The molecule has 1 heterocycles. The predicted molar refractivity (Wildman–Crippen MR) is 43.5 cm³/mol. The molecule has 0 saturated heterocycles. The Kier molecular flexibility index (Phi) is 3.86. The van der Waals surface area contributed by atoms with Crippen molar-refractivity contribution in [2.45, 2.75) is 38.5 Å². The normalized spacial score (nSPS) is 20.0. The Morgan fingerprint density at radius 2 is 1.70 bits per heavy atom. The molecule has 0 fully saturated rings. The molecule has 0 aromatic heterocycles. The van der Waals surface area contributed by atoms with E-state index in [1.807, 2.05) is 0 Å². The molecule has 1 rings (SSSR count). The lowest BCUT2D eigenvalue weighted by atomic mass is 10.1. The largest absolute Gasteiger partial charge is 0.346 e. The summed E-state index contributed by atoms with van der Waals surface area (Å²) in [5.41, 5.74) is 0. The minimum atomic E-state index is 1.08. The molecule has 0 spiro atoms. The van der Waals surface area contributed by atoms with Gasteiger partial charge in [0.1, 0.15) is 0 Å². The van der Waals surface area contributed by atoms with Crippen molar-refractivity contribution in [1.29, 1.82) is 0 Å². The van der Waals surface area contributed by atoms with Gasteiger partial charge < -0.3 is 5.32 Å². The third kappa shape index (κ3) is 3.40. The molecule has 1 aliphatic heterocycles. The lowest BCUT2D eigenvalue weighted by Gasteiger charge is -2.01. The van der Waals surface area contributed by atoms with Crippen LogP contribution in [0.15, 0.2) is 0 Å². The number of hydrogen-bond donors (Lipinski definition) is 1. The Hall–Kier alpha value is -0.640. The first-order valence-corrected chi connectivity index (χ1v) is 4.21. The van der Waals surface area contributed by atoms with Crippen molar-refractivity contribution < 1.29 is 0 Å². The fourth-order valence-corrected chi connectivity index (χ4v) is 1.14. The first kappa shape index (κ1) is 7.47. The van der Waals surface area contributed by atoms with Crippen molar-refractivity contribution in [2.24, 2.45) is 0 Å². The monoisotopic (exact) mass is 137 g/mol. The fraction of sp³-hybridized carbons (Fsp3) is 0.778. The molecule has 0 aliphatic carbocycles. The highest BCUT2D eigenvalue weighted by Crippen LogP contribution is 2.04. The molecular weight excluding hydrogens is 122 g/mol. The van der Waals surface area contributed by atoms with Crippen LogP contribution in [0.25, 0.3) is 0 Å². The van der Waals surface area contributed by atoms with Gasteiger partial charge in [-0.05, 0) is 12.8 Å². The highest BCUT2D eigenvalue weighted by Gasteiger charge is 1.90. The molecule has 56 valence electrons. The van der Waals surface area contributed by atoms with E-state index in [0.717, 1.165) is 13.0 Å². The quantitative estimate of drug-likeness (QED) is 0.503. The van der Waals surface area contributed by atoms with Gasteiger partial charge >= 0.3 is 0 Å². The van der Waals surface area contributed by atoms with Gasteiger partial charge in [-0.2, -0.15) is 0 Å². The van der Waals surface area contributed by atoms with Crippen molar-refractivity contribution >= 4 is 0 Å². The summed E-state index contributed by atoms with van der Waals surface area (Å²) in [5.74, 6) is 3.09. The van der Waals surface area contributed by atoms with E-state index in [9.17, 15) is 0 Å². The van der Waals surface area contributed by atoms with Gasteiger partial charge in [0.15, 0.2) is 0 Å². The maximum Gasteiger partial charge on any atom is 0.0229 e. The van der Waals surface area contributed by atoms with Crippen LogP contribution >= 0.6 is 0 Å². The lowest BCUT2D eigenvalue weighted by Crippen LogP contribution is -2.07. The maximum absolute atomic E-state index is 3.09. The number of nitrogens with one attached hydrogen (secondary N) is 1. The second-order valence-corrected chi connectivity index (χ2v) is 2.75. The minimum Gasteiger partial charge on any atom is -0.346 e. The molecule has 0 bridgehead atoms. The third-order valence-electron chi connectivity index (χ3n) is 1.78. The van der Waals surface area contributed by atoms with Gasteiger partial charge in [0.05, 0.1) is 0 Å². The SMILES string of the molecule is C1#CNCCCCCCC1. The van der Waals surface area contributed by atoms with Gasteiger partial charge in [-0.15, -0.1) is 0 Å². The van der Waals surface area contributed by atoms with Crippen molar-refractivity contribution in [2.75, 3.05) is 6.54 Å². The maximum atomic E-state index is 3.09. The first-order chi connectivity index (χ1) is 5.00. The highest BCUT2D eigenvalue weighted by atomic mass is 14.8. The molecule has 0 unspecified atom stereocenters. The van der Waals surface area contributed by atoms with Crippen LogP contribution in [-0.2, 0) is 0 Å². The highest BCUT2D eigenvalue weighted by molar-refractivity contribution is 4.96. The fourth-order valence-electron chi connectivity index (χ4n) is 1.14. The summed E-state index contributed by atoms with van der Waals surface area (Å²) in [7, 11) is 0. The van der Waals surface area contributed by atoms with E-state index in [4.69, 9.17) is 0 Å². The zero-order chi connectivity index (χ0) is 7.07. The molecule has 1 heteroatoms. The Morgan fingerprint density at radius 3 is 2.70 bits per heavy atom. The molecule has 0 amide bonds. The van der Waals surface area contributed by atoms with Crippen molar-refractivity contribution in [1.82, 2.24) is 5.32 Å². The van der Waals surface area contributed by atoms with E-state index in [-0.39, 0.29) is 0 Å². The van der Waals surface area contributed by atoms with Crippen molar-refractivity contribution in [3.05, 3.63) is 0 Å². The Bertz CT molecular complexity index is 115. The van der Waals surface area contributed by atoms with Gasteiger partial charge in [0.25, 0.3) is 0 Å². The summed E-state index contributed by atoms with van der Waals surface area (Å²) in [6, 6.07) is 2.96. The number of hydrogen-bond acceptors (Lipinski definition) is 1. The van der Waals surface area contributed by atoms with E-state index in [1.165, 1.54) is 32.1 Å². The van der Waals surface area contributed by atoms with Gasteiger partial charge in [-0.3, -0.25) is 0 Å². The predicted octanol–water partition coefficient (Wildman–Crippen LogP) is 1.89. The number of rotatable bonds is 0. The second kappa shape index (κ2) is 5.17. The van der Waals surface area contributed by atoms with Gasteiger partial charge in [0, 0.05) is 19.0 Å².